The smallest absolute Gasteiger partial charge is 0.247 e. The first kappa shape index (κ1) is 16.7. The molecule has 0 atom stereocenters. The van der Waals surface area contributed by atoms with Crippen LogP contribution in [0.15, 0.2) is 41.3 Å². The van der Waals surface area contributed by atoms with Crippen molar-refractivity contribution in [3.63, 3.8) is 0 Å². The number of aliphatic hydroxyl groups is 1. The van der Waals surface area contributed by atoms with Gasteiger partial charge in [-0.25, -0.2) is 9.97 Å². The Morgan fingerprint density at radius 1 is 1.43 bits per heavy atom. The molecule has 0 aromatic carbocycles. The highest BCUT2D eigenvalue weighted by molar-refractivity contribution is 5.92. The minimum atomic E-state index is -0.730. The molecule has 3 N–H and O–H groups in total. The molecule has 0 bridgehead atoms. The summed E-state index contributed by atoms with van der Waals surface area (Å²) in [4.78, 5) is 21.8. The number of rotatable bonds is 6. The maximum atomic E-state index is 12.5. The second kappa shape index (κ2) is 7.06. The molecule has 0 saturated carbocycles. The first-order valence-corrected chi connectivity index (χ1v) is 7.13. The van der Waals surface area contributed by atoms with E-state index in [2.05, 4.69) is 9.97 Å². The molecular weight excluding hydrogens is 296 g/mol. The van der Waals surface area contributed by atoms with Crippen molar-refractivity contribution in [2.45, 2.75) is 25.9 Å². The largest absolute Gasteiger partial charge is 0.467 e. The fourth-order valence-corrected chi connectivity index (χ4v) is 1.93. The lowest BCUT2D eigenvalue weighted by molar-refractivity contribution is -0.133. The molecule has 0 saturated heterocycles. The molecule has 0 spiro atoms. The van der Waals surface area contributed by atoms with Crippen LogP contribution in [0.2, 0.25) is 0 Å². The molecule has 23 heavy (non-hydrogen) atoms. The Bertz CT molecular complexity index is 663. The number of aliphatic hydroxyl groups excluding tert-OH is 1. The summed E-state index contributed by atoms with van der Waals surface area (Å²) in [5, 5.41) is 9.58. The fourth-order valence-electron chi connectivity index (χ4n) is 1.93. The van der Waals surface area contributed by atoms with Crippen LogP contribution in [0.1, 0.15) is 25.2 Å². The lowest BCUT2D eigenvalue weighted by atomic mass is 10.0. The van der Waals surface area contributed by atoms with E-state index in [1.165, 1.54) is 18.5 Å². The Morgan fingerprint density at radius 2 is 2.13 bits per heavy atom. The highest BCUT2D eigenvalue weighted by Crippen LogP contribution is 2.19. The third-order valence-corrected chi connectivity index (χ3v) is 3.39. The van der Waals surface area contributed by atoms with Gasteiger partial charge in [0.2, 0.25) is 11.9 Å². The van der Waals surface area contributed by atoms with E-state index in [0.29, 0.717) is 11.3 Å². The van der Waals surface area contributed by atoms with Crippen molar-refractivity contribution in [1.82, 2.24) is 14.9 Å². The Morgan fingerprint density at radius 3 is 2.70 bits per heavy atom. The van der Waals surface area contributed by atoms with Gasteiger partial charge < -0.3 is 20.2 Å². The summed E-state index contributed by atoms with van der Waals surface area (Å²) in [5.74, 6) is 0.565. The molecule has 0 aliphatic carbocycles. The molecule has 0 aliphatic rings. The number of hydrogen-bond donors (Lipinski definition) is 2. The molecule has 7 heteroatoms. The molecule has 2 heterocycles. The number of anilines is 1. The van der Waals surface area contributed by atoms with Gasteiger partial charge in [-0.1, -0.05) is 0 Å². The zero-order valence-electron chi connectivity index (χ0n) is 13.1. The van der Waals surface area contributed by atoms with Crippen molar-refractivity contribution in [3.8, 4) is 0 Å². The van der Waals surface area contributed by atoms with Crippen molar-refractivity contribution < 1.29 is 14.3 Å². The Balaban J connectivity index is 2.17. The third kappa shape index (κ3) is 4.40. The second-order valence-corrected chi connectivity index (χ2v) is 5.68. The van der Waals surface area contributed by atoms with Gasteiger partial charge in [-0.2, -0.15) is 0 Å². The molecule has 0 unspecified atom stereocenters. The monoisotopic (exact) mass is 316 g/mol. The van der Waals surface area contributed by atoms with Crippen LogP contribution in [-0.2, 0) is 11.3 Å². The highest BCUT2D eigenvalue weighted by atomic mass is 16.3. The van der Waals surface area contributed by atoms with Crippen LogP contribution in [-0.4, -0.2) is 38.0 Å². The second-order valence-electron chi connectivity index (χ2n) is 5.68. The van der Waals surface area contributed by atoms with Crippen LogP contribution in [0.25, 0.3) is 6.08 Å². The van der Waals surface area contributed by atoms with Gasteiger partial charge in [0.25, 0.3) is 0 Å². The van der Waals surface area contributed by atoms with Gasteiger partial charge in [0, 0.05) is 24.0 Å². The molecule has 2 aromatic rings. The van der Waals surface area contributed by atoms with Gasteiger partial charge in [-0.05, 0) is 32.1 Å². The lowest BCUT2D eigenvalue weighted by Gasteiger charge is -2.36. The van der Waals surface area contributed by atoms with Gasteiger partial charge in [0.1, 0.15) is 5.76 Å². The molecular formula is C16H20N4O3. The number of hydrogen-bond acceptors (Lipinski definition) is 6. The zero-order valence-corrected chi connectivity index (χ0v) is 13.1. The summed E-state index contributed by atoms with van der Waals surface area (Å²) in [6, 6.07) is 3.54. The van der Waals surface area contributed by atoms with Gasteiger partial charge in [0.15, 0.2) is 0 Å². The van der Waals surface area contributed by atoms with E-state index in [1.54, 1.807) is 43.2 Å². The van der Waals surface area contributed by atoms with Crippen molar-refractivity contribution >= 4 is 17.9 Å². The summed E-state index contributed by atoms with van der Waals surface area (Å²) in [6.45, 7) is 3.67. The summed E-state index contributed by atoms with van der Waals surface area (Å²) in [7, 11) is 0. The maximum Gasteiger partial charge on any atom is 0.247 e. The van der Waals surface area contributed by atoms with E-state index in [0.717, 1.165) is 0 Å². The van der Waals surface area contributed by atoms with E-state index < -0.39 is 5.54 Å². The van der Waals surface area contributed by atoms with Crippen LogP contribution in [0.5, 0.6) is 0 Å². The molecule has 1 amide bonds. The van der Waals surface area contributed by atoms with Crippen LogP contribution < -0.4 is 5.73 Å². The van der Waals surface area contributed by atoms with Crippen molar-refractivity contribution in [2.75, 3.05) is 12.3 Å². The Kier molecular flexibility index (Phi) is 5.13. The molecule has 2 aromatic heterocycles. The normalized spacial score (nSPS) is 11.8. The molecule has 0 aliphatic heterocycles. The van der Waals surface area contributed by atoms with E-state index in [-0.39, 0.29) is 25.0 Å². The first-order valence-electron chi connectivity index (χ1n) is 7.13. The van der Waals surface area contributed by atoms with Gasteiger partial charge >= 0.3 is 0 Å². The molecule has 7 nitrogen and oxygen atoms in total. The number of aromatic nitrogens is 2. The number of nitrogens with zero attached hydrogens (tertiary/aromatic N) is 3. The van der Waals surface area contributed by atoms with Gasteiger partial charge in [0.05, 0.1) is 25.0 Å². The lowest BCUT2D eigenvalue weighted by Crippen LogP contribution is -2.49. The number of nitrogens with two attached hydrogens (primary N) is 1. The van der Waals surface area contributed by atoms with Crippen LogP contribution in [0.3, 0.4) is 0 Å². The molecule has 122 valence electrons. The molecule has 0 radical (unpaired) electrons. The van der Waals surface area contributed by atoms with Crippen molar-refractivity contribution in [1.29, 1.82) is 0 Å². The van der Waals surface area contributed by atoms with Gasteiger partial charge in [-0.3, -0.25) is 4.79 Å². The standard InChI is InChI=1S/C16H20N4O3/c1-16(2,11-21)20(10-13-4-3-7-23-13)14(22)6-5-12-8-18-15(17)19-9-12/h3-9,21H,10-11H2,1-2H3,(H2,17,18,19). The number of carbonyl (C=O) groups excluding carboxylic acids is 1. The minimum absolute atomic E-state index is 0.168. The SMILES string of the molecule is CC(C)(CO)N(Cc1ccco1)C(=O)C=Cc1cnc(N)nc1. The first-order chi connectivity index (χ1) is 10.9. The summed E-state index contributed by atoms with van der Waals surface area (Å²) in [6.07, 6.45) is 7.62. The average Bonchev–Trinajstić information content (AvgIpc) is 3.05. The number of furan rings is 1. The number of nitrogen functional groups attached to an aromatic ring is 1. The van der Waals surface area contributed by atoms with Crippen LogP contribution >= 0.6 is 0 Å². The summed E-state index contributed by atoms with van der Waals surface area (Å²) in [5.41, 5.74) is 5.35. The topological polar surface area (TPSA) is 105 Å². The van der Waals surface area contributed by atoms with E-state index in [4.69, 9.17) is 10.2 Å². The fraction of sp³-hybridized carbons (Fsp3) is 0.312. The maximum absolute atomic E-state index is 12.5. The van der Waals surface area contributed by atoms with Crippen molar-refractivity contribution in [2.24, 2.45) is 0 Å². The van der Waals surface area contributed by atoms with E-state index >= 15 is 0 Å². The molecule has 2 rings (SSSR count). The van der Waals surface area contributed by atoms with E-state index in [9.17, 15) is 9.90 Å². The van der Waals surface area contributed by atoms with Crippen LogP contribution in [0, 0.1) is 0 Å². The third-order valence-electron chi connectivity index (χ3n) is 3.39. The highest BCUT2D eigenvalue weighted by Gasteiger charge is 2.29. The van der Waals surface area contributed by atoms with Crippen molar-refractivity contribution in [3.05, 3.63) is 48.2 Å². The molecule has 0 fully saturated rings. The summed E-state index contributed by atoms with van der Waals surface area (Å²) < 4.78 is 5.30. The zero-order chi connectivity index (χ0) is 16.9. The number of carbonyl (C=O) groups is 1. The Hall–Kier alpha value is -2.67. The predicted octanol–water partition coefficient (Wildman–Crippen LogP) is 1.46. The van der Waals surface area contributed by atoms with E-state index in [1.807, 2.05) is 0 Å². The number of amides is 1. The summed E-state index contributed by atoms with van der Waals surface area (Å²) >= 11 is 0. The average molecular weight is 316 g/mol. The predicted molar refractivity (Wildman–Crippen MR) is 85.9 cm³/mol. The minimum Gasteiger partial charge on any atom is -0.467 e. The quantitative estimate of drug-likeness (QED) is 0.782. The Labute approximate surface area is 134 Å². The van der Waals surface area contributed by atoms with Gasteiger partial charge in [-0.15, -0.1) is 0 Å². The van der Waals surface area contributed by atoms with Crippen LogP contribution in [0.4, 0.5) is 5.95 Å².